The van der Waals surface area contributed by atoms with E-state index in [2.05, 4.69) is 0 Å². The molecule has 1 N–H and O–H groups in total. The molecule has 0 atom stereocenters. The fourth-order valence-corrected chi connectivity index (χ4v) is 4.56. The van der Waals surface area contributed by atoms with Crippen LogP contribution in [0.4, 0.5) is 0 Å². The van der Waals surface area contributed by atoms with Crippen molar-refractivity contribution in [1.82, 2.24) is 4.31 Å². The van der Waals surface area contributed by atoms with Crippen molar-refractivity contribution < 1.29 is 13.5 Å². The Morgan fingerprint density at radius 3 is 2.24 bits per heavy atom. The molecule has 0 aromatic rings. The van der Waals surface area contributed by atoms with Crippen LogP contribution < -0.4 is 0 Å². The van der Waals surface area contributed by atoms with Gasteiger partial charge in [0.25, 0.3) is 0 Å². The van der Waals surface area contributed by atoms with Crippen LogP contribution in [0.3, 0.4) is 0 Å². The molecule has 2 rings (SSSR count). The van der Waals surface area contributed by atoms with E-state index in [9.17, 15) is 13.5 Å². The van der Waals surface area contributed by atoms with Gasteiger partial charge in [-0.2, -0.15) is 4.31 Å². The van der Waals surface area contributed by atoms with Gasteiger partial charge in [0.05, 0.1) is 11.4 Å². The van der Waals surface area contributed by atoms with Crippen molar-refractivity contribution in [3.05, 3.63) is 0 Å². The highest BCUT2D eigenvalue weighted by Gasteiger charge is 2.35. The van der Waals surface area contributed by atoms with E-state index in [-0.39, 0.29) is 5.75 Å². The van der Waals surface area contributed by atoms with E-state index in [0.717, 1.165) is 51.4 Å². The maximum absolute atomic E-state index is 11.9. The number of β-amino-alcohol motifs (C(OH)–C–C–N with tert-alkyl or cyclic N) is 1. The van der Waals surface area contributed by atoms with Crippen LogP contribution in [0.5, 0.6) is 0 Å². The van der Waals surface area contributed by atoms with Gasteiger partial charge >= 0.3 is 0 Å². The smallest absolute Gasteiger partial charge is 0.214 e. The number of sulfonamides is 1. The van der Waals surface area contributed by atoms with Gasteiger partial charge in [0, 0.05) is 13.1 Å². The summed E-state index contributed by atoms with van der Waals surface area (Å²) in [5.41, 5.74) is -0.777. The zero-order valence-corrected chi connectivity index (χ0v) is 11.2. The lowest BCUT2D eigenvalue weighted by molar-refractivity contribution is 0.00744. The molecule has 0 aromatic heterocycles. The summed E-state index contributed by atoms with van der Waals surface area (Å²) in [6.07, 6.45) is 7.55. The number of hydrogen-bond donors (Lipinski definition) is 1. The molecule has 100 valence electrons. The second kappa shape index (κ2) is 5.24. The number of hydrogen-bond acceptors (Lipinski definition) is 3. The monoisotopic (exact) mass is 261 g/mol. The number of aliphatic hydroxyl groups is 1. The Bertz CT molecular complexity index is 345. The van der Waals surface area contributed by atoms with E-state index in [1.807, 2.05) is 0 Å². The zero-order valence-electron chi connectivity index (χ0n) is 10.4. The molecule has 1 aliphatic heterocycles. The summed E-state index contributed by atoms with van der Waals surface area (Å²) in [5.74, 6) is 0.253. The largest absolute Gasteiger partial charge is 0.389 e. The summed E-state index contributed by atoms with van der Waals surface area (Å²) >= 11 is 0. The molecule has 1 heterocycles. The Labute approximate surface area is 104 Å². The summed E-state index contributed by atoms with van der Waals surface area (Å²) < 4.78 is 25.3. The van der Waals surface area contributed by atoms with Crippen molar-refractivity contribution in [2.45, 2.75) is 57.0 Å². The molecule has 0 amide bonds. The van der Waals surface area contributed by atoms with Crippen molar-refractivity contribution in [1.29, 1.82) is 0 Å². The lowest BCUT2D eigenvalue weighted by Crippen LogP contribution is -2.48. The van der Waals surface area contributed by atoms with Gasteiger partial charge in [-0.05, 0) is 25.7 Å². The molecule has 5 heteroatoms. The summed E-state index contributed by atoms with van der Waals surface area (Å²) in [5, 5.41) is 10.5. The molecule has 0 unspecified atom stereocenters. The summed E-state index contributed by atoms with van der Waals surface area (Å²) in [6, 6.07) is 0. The van der Waals surface area contributed by atoms with Crippen molar-refractivity contribution >= 4 is 10.0 Å². The van der Waals surface area contributed by atoms with Crippen LogP contribution >= 0.6 is 0 Å². The van der Waals surface area contributed by atoms with Crippen molar-refractivity contribution in [3.8, 4) is 0 Å². The third kappa shape index (κ3) is 3.42. The molecular weight excluding hydrogens is 238 g/mol. The second-order valence-corrected chi connectivity index (χ2v) is 7.58. The van der Waals surface area contributed by atoms with E-state index in [4.69, 9.17) is 0 Å². The topological polar surface area (TPSA) is 57.6 Å². The molecule has 4 nitrogen and oxygen atoms in total. The SMILES string of the molecule is O=S1(=O)CCCCN1CC1(O)CCCCCC1. The molecule has 1 saturated heterocycles. The Balaban J connectivity index is 2.02. The predicted molar refractivity (Wildman–Crippen MR) is 67.2 cm³/mol. The molecule has 0 bridgehead atoms. The third-order valence-corrected chi connectivity index (χ3v) is 5.86. The van der Waals surface area contributed by atoms with Crippen LogP contribution in [0.1, 0.15) is 51.4 Å². The van der Waals surface area contributed by atoms with E-state index in [1.54, 1.807) is 0 Å². The van der Waals surface area contributed by atoms with Crippen LogP contribution in [0.2, 0.25) is 0 Å². The molecule has 0 radical (unpaired) electrons. The maximum atomic E-state index is 11.9. The average Bonchev–Trinajstić information content (AvgIpc) is 2.47. The Hall–Kier alpha value is -0.130. The van der Waals surface area contributed by atoms with E-state index in [0.29, 0.717) is 13.1 Å². The lowest BCUT2D eigenvalue weighted by atomic mass is 9.94. The fraction of sp³-hybridized carbons (Fsp3) is 1.00. The Kier molecular flexibility index (Phi) is 4.10. The average molecular weight is 261 g/mol. The van der Waals surface area contributed by atoms with Gasteiger partial charge in [-0.1, -0.05) is 25.7 Å². The minimum Gasteiger partial charge on any atom is -0.389 e. The van der Waals surface area contributed by atoms with Crippen LogP contribution in [0, 0.1) is 0 Å². The van der Waals surface area contributed by atoms with Gasteiger partial charge in [-0.3, -0.25) is 0 Å². The van der Waals surface area contributed by atoms with Crippen molar-refractivity contribution in [2.24, 2.45) is 0 Å². The number of nitrogens with zero attached hydrogens (tertiary/aromatic N) is 1. The highest BCUT2D eigenvalue weighted by molar-refractivity contribution is 7.89. The van der Waals surface area contributed by atoms with Gasteiger partial charge < -0.3 is 5.11 Å². The summed E-state index contributed by atoms with van der Waals surface area (Å²) in [4.78, 5) is 0. The Morgan fingerprint density at radius 2 is 1.65 bits per heavy atom. The molecule has 1 aliphatic carbocycles. The fourth-order valence-electron chi connectivity index (χ4n) is 2.89. The van der Waals surface area contributed by atoms with Crippen LogP contribution in [-0.2, 0) is 10.0 Å². The first-order valence-electron chi connectivity index (χ1n) is 6.72. The molecule has 0 aromatic carbocycles. The quantitative estimate of drug-likeness (QED) is 0.766. The molecular formula is C12H23NO3S. The first-order chi connectivity index (χ1) is 8.02. The molecule has 2 aliphatic rings. The molecule has 0 spiro atoms. The maximum Gasteiger partial charge on any atom is 0.214 e. The van der Waals surface area contributed by atoms with Gasteiger partial charge in [0.15, 0.2) is 0 Å². The third-order valence-electron chi connectivity index (χ3n) is 3.96. The highest BCUT2D eigenvalue weighted by Crippen LogP contribution is 2.29. The lowest BCUT2D eigenvalue weighted by Gasteiger charge is -2.35. The van der Waals surface area contributed by atoms with Crippen LogP contribution in [0.25, 0.3) is 0 Å². The van der Waals surface area contributed by atoms with Gasteiger partial charge in [-0.25, -0.2) is 8.42 Å². The standard InChI is InChI=1S/C12H23NO3S/c14-12(7-3-1-2-4-8-12)11-13-9-5-6-10-17(13,15)16/h14H,1-11H2. The first-order valence-corrected chi connectivity index (χ1v) is 8.33. The minimum absolute atomic E-state index is 0.253. The van der Waals surface area contributed by atoms with Gasteiger partial charge in [0.2, 0.25) is 10.0 Å². The van der Waals surface area contributed by atoms with E-state index < -0.39 is 15.6 Å². The molecule has 17 heavy (non-hydrogen) atoms. The molecule has 2 fully saturated rings. The minimum atomic E-state index is -3.10. The summed E-state index contributed by atoms with van der Waals surface area (Å²) in [7, 11) is -3.10. The first kappa shape index (κ1) is 13.3. The number of rotatable bonds is 2. The van der Waals surface area contributed by atoms with E-state index in [1.165, 1.54) is 4.31 Å². The van der Waals surface area contributed by atoms with Gasteiger partial charge in [0.1, 0.15) is 0 Å². The predicted octanol–water partition coefficient (Wildman–Crippen LogP) is 1.50. The van der Waals surface area contributed by atoms with Crippen molar-refractivity contribution in [2.75, 3.05) is 18.8 Å². The van der Waals surface area contributed by atoms with Crippen molar-refractivity contribution in [3.63, 3.8) is 0 Å². The zero-order chi connectivity index (χ0) is 12.4. The molecule has 1 saturated carbocycles. The van der Waals surface area contributed by atoms with Gasteiger partial charge in [-0.15, -0.1) is 0 Å². The highest BCUT2D eigenvalue weighted by atomic mass is 32.2. The van der Waals surface area contributed by atoms with E-state index >= 15 is 0 Å². The second-order valence-electron chi connectivity index (χ2n) is 5.50. The van der Waals surface area contributed by atoms with Crippen LogP contribution in [0.15, 0.2) is 0 Å². The normalized spacial score (nSPS) is 29.7. The van der Waals surface area contributed by atoms with Crippen LogP contribution in [-0.4, -0.2) is 42.3 Å². The summed E-state index contributed by atoms with van der Waals surface area (Å²) in [6.45, 7) is 0.903. The Morgan fingerprint density at radius 1 is 1.00 bits per heavy atom.